The second-order valence-electron chi connectivity index (χ2n) is 4.11. The van der Waals surface area contributed by atoms with Crippen LogP contribution in [0.2, 0.25) is 0 Å². The molecule has 18 heavy (non-hydrogen) atoms. The fourth-order valence-electron chi connectivity index (χ4n) is 1.57. The average molecular weight is 265 g/mol. The molecule has 0 saturated heterocycles. The Morgan fingerprint density at radius 1 is 1.28 bits per heavy atom. The maximum atomic E-state index is 12.3. The van der Waals surface area contributed by atoms with E-state index in [0.717, 1.165) is 5.56 Å². The van der Waals surface area contributed by atoms with Gasteiger partial charge in [-0.2, -0.15) is 4.31 Å². The number of rotatable bonds is 4. The van der Waals surface area contributed by atoms with E-state index in [-0.39, 0.29) is 6.54 Å². The van der Waals surface area contributed by atoms with Crippen molar-refractivity contribution in [3.8, 4) is 0 Å². The summed E-state index contributed by atoms with van der Waals surface area (Å²) in [5.41, 5.74) is 1.03. The van der Waals surface area contributed by atoms with E-state index in [1.54, 1.807) is 36.7 Å². The van der Waals surface area contributed by atoms with E-state index in [9.17, 15) is 8.42 Å². The number of nitrogens with zero attached hydrogens (tertiary/aromatic N) is 2. The highest BCUT2D eigenvalue weighted by Gasteiger charge is 2.21. The summed E-state index contributed by atoms with van der Waals surface area (Å²) in [6.45, 7) is 2.15. The van der Waals surface area contributed by atoms with Gasteiger partial charge in [0, 0.05) is 19.4 Å². The summed E-state index contributed by atoms with van der Waals surface area (Å²) in [5, 5.41) is 0. The molecule has 1 heterocycles. The first-order valence-corrected chi connectivity index (χ1v) is 6.95. The van der Waals surface area contributed by atoms with Crippen LogP contribution in [0.4, 0.5) is 0 Å². The minimum Gasteiger partial charge on any atom is -0.347 e. The van der Waals surface area contributed by atoms with Gasteiger partial charge < -0.3 is 4.98 Å². The maximum Gasteiger partial charge on any atom is 0.243 e. The second-order valence-corrected chi connectivity index (χ2v) is 6.15. The molecule has 0 radical (unpaired) electrons. The fraction of sp³-hybridized carbons (Fsp3) is 0.250. The van der Waals surface area contributed by atoms with Crippen LogP contribution in [0.15, 0.2) is 41.6 Å². The molecule has 1 N–H and O–H groups in total. The molecule has 5 nitrogen and oxygen atoms in total. The molecule has 0 fully saturated rings. The first-order valence-electron chi connectivity index (χ1n) is 5.51. The minimum atomic E-state index is -3.46. The van der Waals surface area contributed by atoms with E-state index in [4.69, 9.17) is 0 Å². The van der Waals surface area contributed by atoms with Crippen molar-refractivity contribution in [1.29, 1.82) is 0 Å². The van der Waals surface area contributed by atoms with Crippen LogP contribution in [0.25, 0.3) is 0 Å². The summed E-state index contributed by atoms with van der Waals surface area (Å²) < 4.78 is 25.8. The van der Waals surface area contributed by atoms with Gasteiger partial charge in [-0.1, -0.05) is 17.7 Å². The van der Waals surface area contributed by atoms with Crippen molar-refractivity contribution >= 4 is 10.0 Å². The minimum absolute atomic E-state index is 0.225. The molecule has 0 bridgehead atoms. The van der Waals surface area contributed by atoms with Gasteiger partial charge in [0.05, 0.1) is 11.4 Å². The van der Waals surface area contributed by atoms with Gasteiger partial charge in [-0.3, -0.25) is 0 Å². The summed E-state index contributed by atoms with van der Waals surface area (Å²) in [6, 6.07) is 6.80. The van der Waals surface area contributed by atoms with Crippen LogP contribution in [0, 0.1) is 6.92 Å². The molecule has 0 aliphatic carbocycles. The number of imidazole rings is 1. The molecule has 96 valence electrons. The number of hydrogen-bond acceptors (Lipinski definition) is 3. The standard InChI is InChI=1S/C12H15N3O2S/c1-10-3-5-11(6-4-10)18(16,17)15(2)9-12-13-7-8-14-12/h3-8H,9H2,1-2H3,(H,13,14). The molecule has 0 aliphatic heterocycles. The third-order valence-electron chi connectivity index (χ3n) is 2.66. The molecule has 0 atom stereocenters. The number of aryl methyl sites for hydroxylation is 1. The number of sulfonamides is 1. The van der Waals surface area contributed by atoms with Gasteiger partial charge >= 0.3 is 0 Å². The van der Waals surface area contributed by atoms with E-state index in [1.807, 2.05) is 6.92 Å². The van der Waals surface area contributed by atoms with Crippen LogP contribution in [0.5, 0.6) is 0 Å². The van der Waals surface area contributed by atoms with Crippen LogP contribution < -0.4 is 0 Å². The van der Waals surface area contributed by atoms with Crippen LogP contribution in [-0.2, 0) is 16.6 Å². The molecule has 6 heteroatoms. The number of hydrogen-bond donors (Lipinski definition) is 1. The number of aromatic amines is 1. The maximum absolute atomic E-state index is 12.3. The Morgan fingerprint density at radius 2 is 1.94 bits per heavy atom. The Hall–Kier alpha value is -1.66. The van der Waals surface area contributed by atoms with E-state index in [1.165, 1.54) is 11.4 Å². The smallest absolute Gasteiger partial charge is 0.243 e. The van der Waals surface area contributed by atoms with Crippen LogP contribution in [-0.4, -0.2) is 29.7 Å². The third kappa shape index (κ3) is 2.60. The second kappa shape index (κ2) is 4.91. The number of benzene rings is 1. The highest BCUT2D eigenvalue weighted by atomic mass is 32.2. The van der Waals surface area contributed by atoms with Gasteiger partial charge in [0.25, 0.3) is 0 Å². The average Bonchev–Trinajstić information content (AvgIpc) is 2.82. The molecule has 1 aromatic heterocycles. The summed E-state index contributed by atoms with van der Waals surface area (Å²) in [7, 11) is -1.92. The fourth-order valence-corrected chi connectivity index (χ4v) is 2.70. The van der Waals surface area contributed by atoms with Crippen LogP contribution in [0.3, 0.4) is 0 Å². The Labute approximate surface area is 107 Å². The van der Waals surface area contributed by atoms with Crippen LogP contribution >= 0.6 is 0 Å². The normalized spacial score (nSPS) is 11.9. The van der Waals surface area contributed by atoms with Crippen molar-refractivity contribution in [3.63, 3.8) is 0 Å². The van der Waals surface area contributed by atoms with Crippen molar-refractivity contribution in [2.75, 3.05) is 7.05 Å². The molecule has 2 aromatic rings. The van der Waals surface area contributed by atoms with Gasteiger partial charge in [0.1, 0.15) is 5.82 Å². The highest BCUT2D eigenvalue weighted by molar-refractivity contribution is 7.89. The summed E-state index contributed by atoms with van der Waals surface area (Å²) >= 11 is 0. The monoisotopic (exact) mass is 265 g/mol. The summed E-state index contributed by atoms with van der Waals surface area (Å²) in [5.74, 6) is 0.619. The molecule has 0 amide bonds. The first kappa shape index (κ1) is 12.8. The van der Waals surface area contributed by atoms with Crippen LogP contribution in [0.1, 0.15) is 11.4 Å². The number of aromatic nitrogens is 2. The van der Waals surface area contributed by atoms with Crippen molar-refractivity contribution in [1.82, 2.24) is 14.3 Å². The predicted octanol–water partition coefficient (Wildman–Crippen LogP) is 1.54. The van der Waals surface area contributed by atoms with Crippen molar-refractivity contribution in [2.24, 2.45) is 0 Å². The molecule has 0 spiro atoms. The van der Waals surface area contributed by atoms with E-state index >= 15 is 0 Å². The van der Waals surface area contributed by atoms with Crippen molar-refractivity contribution < 1.29 is 8.42 Å². The zero-order chi connectivity index (χ0) is 13.2. The Bertz CT molecular complexity index is 603. The lowest BCUT2D eigenvalue weighted by atomic mass is 10.2. The molecule has 2 rings (SSSR count). The Kier molecular flexibility index (Phi) is 3.49. The molecular formula is C12H15N3O2S. The quantitative estimate of drug-likeness (QED) is 0.912. The zero-order valence-corrected chi connectivity index (χ0v) is 11.1. The predicted molar refractivity (Wildman–Crippen MR) is 68.4 cm³/mol. The molecule has 1 aromatic carbocycles. The molecular weight excluding hydrogens is 250 g/mol. The zero-order valence-electron chi connectivity index (χ0n) is 10.3. The summed E-state index contributed by atoms with van der Waals surface area (Å²) in [4.78, 5) is 7.19. The SMILES string of the molecule is Cc1ccc(S(=O)(=O)N(C)Cc2ncc[nH]2)cc1. The van der Waals surface area contributed by atoms with Crippen molar-refractivity contribution in [3.05, 3.63) is 48.0 Å². The first-order chi connectivity index (χ1) is 8.50. The van der Waals surface area contributed by atoms with E-state index in [2.05, 4.69) is 9.97 Å². The van der Waals surface area contributed by atoms with Gasteiger partial charge in [0.2, 0.25) is 10.0 Å². The van der Waals surface area contributed by atoms with E-state index in [0.29, 0.717) is 10.7 Å². The summed E-state index contributed by atoms with van der Waals surface area (Å²) in [6.07, 6.45) is 3.27. The molecule has 0 aliphatic rings. The van der Waals surface area contributed by atoms with Crippen molar-refractivity contribution in [2.45, 2.75) is 18.4 Å². The third-order valence-corrected chi connectivity index (χ3v) is 4.47. The largest absolute Gasteiger partial charge is 0.347 e. The highest BCUT2D eigenvalue weighted by Crippen LogP contribution is 2.16. The number of H-pyrrole nitrogens is 1. The lowest BCUT2D eigenvalue weighted by molar-refractivity contribution is 0.458. The molecule has 0 saturated carbocycles. The number of nitrogens with one attached hydrogen (secondary N) is 1. The van der Waals surface area contributed by atoms with Gasteiger partial charge in [-0.15, -0.1) is 0 Å². The lowest BCUT2D eigenvalue weighted by Crippen LogP contribution is -2.27. The lowest BCUT2D eigenvalue weighted by Gasteiger charge is -2.16. The van der Waals surface area contributed by atoms with Gasteiger partial charge in [-0.05, 0) is 19.1 Å². The Balaban J connectivity index is 2.22. The topological polar surface area (TPSA) is 66.1 Å². The van der Waals surface area contributed by atoms with Gasteiger partial charge in [0.15, 0.2) is 0 Å². The Morgan fingerprint density at radius 3 is 2.50 bits per heavy atom. The molecule has 0 unspecified atom stereocenters. The van der Waals surface area contributed by atoms with Gasteiger partial charge in [-0.25, -0.2) is 13.4 Å². The van der Waals surface area contributed by atoms with E-state index < -0.39 is 10.0 Å².